The molecule has 1 unspecified atom stereocenters. The molecule has 0 saturated heterocycles. The average Bonchev–Trinajstić information content (AvgIpc) is 2.48. The van der Waals surface area contributed by atoms with Crippen LogP contribution in [0.3, 0.4) is 0 Å². The Bertz CT molecular complexity index is 495. The second kappa shape index (κ2) is 7.07. The van der Waals surface area contributed by atoms with Crippen molar-refractivity contribution in [3.63, 3.8) is 0 Å². The molecule has 5 heteroatoms. The van der Waals surface area contributed by atoms with Crippen LogP contribution in [0.25, 0.3) is 0 Å². The molecule has 1 aromatic carbocycles. The molecular formula is C15H18O5. The average molecular weight is 278 g/mol. The van der Waals surface area contributed by atoms with E-state index in [-0.39, 0.29) is 18.1 Å². The molecule has 0 saturated carbocycles. The number of allylic oxidation sites excluding steroid dienone is 1. The molecule has 1 aliphatic rings. The number of Topliss-reactive ketones (excluding diaryl/α,β-unsaturated/α-hetero) is 1. The van der Waals surface area contributed by atoms with Gasteiger partial charge in [0, 0.05) is 6.07 Å². The molecule has 0 radical (unpaired) electrons. The second-order valence-corrected chi connectivity index (χ2v) is 4.45. The van der Waals surface area contributed by atoms with Gasteiger partial charge in [0.1, 0.15) is 12.4 Å². The fraction of sp³-hybridized carbons (Fsp3) is 0.400. The highest BCUT2D eigenvalue weighted by atomic mass is 17.1. The Kier molecular flexibility index (Phi) is 5.15. The van der Waals surface area contributed by atoms with E-state index in [1.807, 2.05) is 6.08 Å². The third-order valence-electron chi connectivity index (χ3n) is 3.01. The van der Waals surface area contributed by atoms with Gasteiger partial charge in [0.05, 0.1) is 12.2 Å². The van der Waals surface area contributed by atoms with Gasteiger partial charge < -0.3 is 14.4 Å². The molecule has 0 aromatic heterocycles. The number of fused-ring (bicyclic) bond motifs is 1. The summed E-state index contributed by atoms with van der Waals surface area (Å²) in [5.74, 6) is 0.545. The number of rotatable bonds is 6. The summed E-state index contributed by atoms with van der Waals surface area (Å²) in [6.45, 7) is 2.73. The Balaban J connectivity index is 1.95. The van der Waals surface area contributed by atoms with Gasteiger partial charge >= 0.3 is 0 Å². The van der Waals surface area contributed by atoms with Crippen LogP contribution in [0, 0.1) is 0 Å². The zero-order valence-electron chi connectivity index (χ0n) is 11.4. The molecule has 1 aromatic rings. The lowest BCUT2D eigenvalue weighted by atomic mass is 10.0. The first-order valence-corrected chi connectivity index (χ1v) is 6.65. The van der Waals surface area contributed by atoms with Gasteiger partial charge in [-0.3, -0.25) is 4.79 Å². The van der Waals surface area contributed by atoms with E-state index >= 15 is 0 Å². The van der Waals surface area contributed by atoms with Crippen LogP contribution >= 0.6 is 0 Å². The molecule has 1 aliphatic heterocycles. The molecule has 0 amide bonds. The van der Waals surface area contributed by atoms with E-state index in [2.05, 4.69) is 17.9 Å². The van der Waals surface area contributed by atoms with Crippen molar-refractivity contribution >= 4 is 5.78 Å². The summed E-state index contributed by atoms with van der Waals surface area (Å²) < 4.78 is 11.0. The highest BCUT2D eigenvalue weighted by Gasteiger charge is 2.29. The van der Waals surface area contributed by atoms with E-state index in [0.717, 1.165) is 12.8 Å². The number of hydrogen-bond donors (Lipinski definition) is 1. The van der Waals surface area contributed by atoms with Gasteiger partial charge in [-0.2, -0.15) is 0 Å². The first-order valence-electron chi connectivity index (χ1n) is 6.65. The van der Waals surface area contributed by atoms with Crippen molar-refractivity contribution in [3.8, 4) is 11.5 Å². The molecule has 0 spiro atoms. The number of carbonyl (C=O) groups is 1. The minimum Gasteiger partial charge on any atom is -0.489 e. The Labute approximate surface area is 117 Å². The summed E-state index contributed by atoms with van der Waals surface area (Å²) >= 11 is 0. The van der Waals surface area contributed by atoms with Crippen molar-refractivity contribution in [3.05, 3.63) is 35.9 Å². The molecular weight excluding hydrogens is 260 g/mol. The molecule has 0 aliphatic carbocycles. The predicted molar refractivity (Wildman–Crippen MR) is 73.3 cm³/mol. The maximum Gasteiger partial charge on any atom is 0.198 e. The van der Waals surface area contributed by atoms with Crippen LogP contribution in [-0.4, -0.2) is 30.4 Å². The van der Waals surface area contributed by atoms with Crippen LogP contribution in [0.5, 0.6) is 11.5 Å². The van der Waals surface area contributed by atoms with Crippen LogP contribution < -0.4 is 9.62 Å². The number of ether oxygens (including phenoxy) is 2. The number of ketones is 1. The summed E-state index contributed by atoms with van der Waals surface area (Å²) in [7, 11) is 0. The summed E-state index contributed by atoms with van der Waals surface area (Å²) in [4.78, 5) is 16.3. The third-order valence-corrected chi connectivity index (χ3v) is 3.01. The predicted octanol–water partition coefficient (Wildman–Crippen LogP) is 2.86. The lowest BCUT2D eigenvalue weighted by Crippen LogP contribution is -2.35. The molecule has 0 bridgehead atoms. The monoisotopic (exact) mass is 278 g/mol. The van der Waals surface area contributed by atoms with E-state index in [9.17, 15) is 4.79 Å². The fourth-order valence-electron chi connectivity index (χ4n) is 1.98. The zero-order chi connectivity index (χ0) is 14.4. The minimum atomic E-state index is -0.571. The van der Waals surface area contributed by atoms with Crippen LogP contribution in [0.2, 0.25) is 0 Å². The fourth-order valence-corrected chi connectivity index (χ4v) is 1.98. The van der Waals surface area contributed by atoms with Crippen LogP contribution in [0.1, 0.15) is 30.1 Å². The van der Waals surface area contributed by atoms with Gasteiger partial charge in [-0.05, 0) is 25.0 Å². The molecule has 1 N–H and O–H groups in total. The Morgan fingerprint density at radius 1 is 1.45 bits per heavy atom. The van der Waals surface area contributed by atoms with Gasteiger partial charge in [-0.25, -0.2) is 5.26 Å². The lowest BCUT2D eigenvalue weighted by Gasteiger charge is -2.24. The highest BCUT2D eigenvalue weighted by Crippen LogP contribution is 2.29. The van der Waals surface area contributed by atoms with E-state index in [1.165, 1.54) is 12.1 Å². The van der Waals surface area contributed by atoms with Crippen molar-refractivity contribution in [1.29, 1.82) is 0 Å². The van der Waals surface area contributed by atoms with Crippen LogP contribution in [0.4, 0.5) is 0 Å². The van der Waals surface area contributed by atoms with Gasteiger partial charge in [0.25, 0.3) is 0 Å². The van der Waals surface area contributed by atoms with Gasteiger partial charge in [0.15, 0.2) is 17.6 Å². The van der Waals surface area contributed by atoms with Crippen LogP contribution in [-0.2, 0) is 4.74 Å². The normalized spacial score (nSPS) is 17.9. The second-order valence-electron chi connectivity index (χ2n) is 4.45. The molecule has 1 heterocycles. The number of hydrogen-bond acceptors (Lipinski definition) is 5. The highest BCUT2D eigenvalue weighted by molar-refractivity contribution is 6.03. The van der Waals surface area contributed by atoms with Gasteiger partial charge in [-0.15, -0.1) is 0 Å². The largest absolute Gasteiger partial charge is 0.489 e. The van der Waals surface area contributed by atoms with E-state index < -0.39 is 6.10 Å². The molecule has 20 heavy (non-hydrogen) atoms. The first-order chi connectivity index (χ1) is 9.76. The van der Waals surface area contributed by atoms with Crippen molar-refractivity contribution in [2.45, 2.75) is 25.9 Å². The SMILES string of the molecule is CCC=CCCOC1COc2cc(OO)ccc2C1=O. The van der Waals surface area contributed by atoms with Crippen molar-refractivity contribution < 1.29 is 24.4 Å². The van der Waals surface area contributed by atoms with E-state index in [4.69, 9.17) is 14.7 Å². The smallest absolute Gasteiger partial charge is 0.198 e. The maximum atomic E-state index is 12.2. The standard InChI is InChI=1S/C15H18O5/c1-2-3-4-5-8-18-14-10-19-13-9-11(20-17)6-7-12(13)15(14)16/h3-4,6-7,9,14,17H,2,5,8,10H2,1H3. The summed E-state index contributed by atoms with van der Waals surface area (Å²) in [6.07, 6.45) is 5.30. The Morgan fingerprint density at radius 3 is 3.05 bits per heavy atom. The molecule has 2 rings (SSSR count). The van der Waals surface area contributed by atoms with Crippen molar-refractivity contribution in [2.24, 2.45) is 0 Å². The maximum absolute atomic E-state index is 12.2. The molecule has 5 nitrogen and oxygen atoms in total. The summed E-state index contributed by atoms with van der Waals surface area (Å²) in [5.41, 5.74) is 0.450. The van der Waals surface area contributed by atoms with Crippen molar-refractivity contribution in [2.75, 3.05) is 13.2 Å². The summed E-state index contributed by atoms with van der Waals surface area (Å²) in [5, 5.41) is 8.57. The zero-order valence-corrected chi connectivity index (χ0v) is 11.4. The van der Waals surface area contributed by atoms with Gasteiger partial charge in [-0.1, -0.05) is 19.1 Å². The van der Waals surface area contributed by atoms with Crippen molar-refractivity contribution in [1.82, 2.24) is 0 Å². The Morgan fingerprint density at radius 2 is 2.30 bits per heavy atom. The molecule has 0 fully saturated rings. The molecule has 108 valence electrons. The van der Waals surface area contributed by atoms with Gasteiger partial charge in [0.2, 0.25) is 0 Å². The minimum absolute atomic E-state index is 0.102. The van der Waals surface area contributed by atoms with E-state index in [1.54, 1.807) is 6.07 Å². The summed E-state index contributed by atoms with van der Waals surface area (Å²) in [6, 6.07) is 4.55. The quantitative estimate of drug-likeness (QED) is 0.375. The van der Waals surface area contributed by atoms with Crippen LogP contribution in [0.15, 0.2) is 30.4 Å². The lowest BCUT2D eigenvalue weighted by molar-refractivity contribution is -0.137. The molecule has 1 atom stereocenters. The third kappa shape index (κ3) is 3.37. The topological polar surface area (TPSA) is 65.0 Å². The first kappa shape index (κ1) is 14.6. The number of benzene rings is 1. The Hall–Kier alpha value is -1.85. The van der Waals surface area contributed by atoms with E-state index in [0.29, 0.717) is 17.9 Å². The number of carbonyl (C=O) groups excluding carboxylic acids is 1.